The van der Waals surface area contributed by atoms with Crippen LogP contribution in [0.25, 0.3) is 10.2 Å². The molecule has 0 spiro atoms. The number of thiazole rings is 1. The lowest BCUT2D eigenvalue weighted by Crippen LogP contribution is -1.98. The minimum absolute atomic E-state index is 0.728. The van der Waals surface area contributed by atoms with Crippen molar-refractivity contribution in [2.24, 2.45) is 0 Å². The molecular weight excluding hydrogens is 312 g/mol. The highest BCUT2D eigenvalue weighted by Gasteiger charge is 2.11. The van der Waals surface area contributed by atoms with Crippen molar-refractivity contribution in [3.05, 3.63) is 16.6 Å². The normalized spacial score (nSPS) is 10.8. The van der Waals surface area contributed by atoms with E-state index in [0.29, 0.717) is 0 Å². The Morgan fingerprint density at radius 2 is 2.17 bits per heavy atom. The van der Waals surface area contributed by atoms with Gasteiger partial charge in [0.05, 0.1) is 11.3 Å². The van der Waals surface area contributed by atoms with Crippen molar-refractivity contribution in [3.63, 3.8) is 0 Å². The van der Waals surface area contributed by atoms with Crippen LogP contribution in [-0.2, 0) is 0 Å². The fourth-order valence-electron chi connectivity index (χ4n) is 1.59. The number of ether oxygens (including phenoxy) is 1. The zero-order valence-corrected chi connectivity index (χ0v) is 13.0. The van der Waals surface area contributed by atoms with Crippen molar-refractivity contribution in [1.82, 2.24) is 4.98 Å². The van der Waals surface area contributed by atoms with Gasteiger partial charge in [-0.1, -0.05) is 25.2 Å². The van der Waals surface area contributed by atoms with Crippen LogP contribution in [0.3, 0.4) is 0 Å². The van der Waals surface area contributed by atoms with E-state index in [1.807, 2.05) is 12.1 Å². The van der Waals surface area contributed by atoms with Gasteiger partial charge in [0.15, 0.2) is 5.13 Å². The van der Waals surface area contributed by atoms with Crippen molar-refractivity contribution in [3.8, 4) is 5.75 Å². The van der Waals surface area contributed by atoms with Crippen LogP contribution in [0.5, 0.6) is 5.75 Å². The monoisotopic (exact) mass is 328 g/mol. The first-order valence-corrected chi connectivity index (χ1v) is 7.83. The standard InChI is InChI=1S/C13H17BrN2OS/c1-3-7-15-13-16-11-10(17-8-4-2)6-5-9(14)12(11)18-13/h5-6H,3-4,7-8H2,1-2H3,(H,15,16). The predicted octanol–water partition coefficient (Wildman–Crippen LogP) is 4.67. The number of aromatic nitrogens is 1. The van der Waals surface area contributed by atoms with E-state index < -0.39 is 0 Å². The quantitative estimate of drug-likeness (QED) is 0.836. The zero-order chi connectivity index (χ0) is 13.0. The van der Waals surface area contributed by atoms with Gasteiger partial charge in [-0.15, -0.1) is 0 Å². The minimum Gasteiger partial charge on any atom is -0.491 e. The summed E-state index contributed by atoms with van der Waals surface area (Å²) < 4.78 is 7.95. The number of hydrogen-bond acceptors (Lipinski definition) is 4. The van der Waals surface area contributed by atoms with E-state index in [9.17, 15) is 0 Å². The number of hydrogen-bond donors (Lipinski definition) is 1. The van der Waals surface area contributed by atoms with Crippen LogP contribution in [0.15, 0.2) is 16.6 Å². The van der Waals surface area contributed by atoms with Crippen molar-refractivity contribution >= 4 is 42.6 Å². The third-order valence-electron chi connectivity index (χ3n) is 2.45. The Hall–Kier alpha value is -0.810. The first-order valence-electron chi connectivity index (χ1n) is 6.22. The molecule has 0 saturated heterocycles. The molecule has 0 aliphatic carbocycles. The summed E-state index contributed by atoms with van der Waals surface area (Å²) in [6, 6.07) is 4.00. The van der Waals surface area contributed by atoms with Crippen LogP contribution in [0, 0.1) is 0 Å². The van der Waals surface area contributed by atoms with Gasteiger partial charge in [-0.25, -0.2) is 4.98 Å². The summed E-state index contributed by atoms with van der Waals surface area (Å²) in [5, 5.41) is 4.28. The van der Waals surface area contributed by atoms with Crippen molar-refractivity contribution in [2.45, 2.75) is 26.7 Å². The van der Waals surface area contributed by atoms with Gasteiger partial charge in [0.25, 0.3) is 0 Å². The second-order valence-electron chi connectivity index (χ2n) is 4.02. The second-order valence-corrected chi connectivity index (χ2v) is 5.87. The molecule has 0 atom stereocenters. The first kappa shape index (κ1) is 13.6. The van der Waals surface area contributed by atoms with E-state index >= 15 is 0 Å². The molecule has 3 nitrogen and oxygen atoms in total. The van der Waals surface area contributed by atoms with E-state index in [4.69, 9.17) is 4.74 Å². The largest absolute Gasteiger partial charge is 0.491 e. The average molecular weight is 329 g/mol. The fourth-order valence-corrected chi connectivity index (χ4v) is 3.06. The maximum Gasteiger partial charge on any atom is 0.183 e. The Kier molecular flexibility index (Phi) is 4.83. The molecule has 5 heteroatoms. The van der Waals surface area contributed by atoms with Gasteiger partial charge in [0, 0.05) is 11.0 Å². The van der Waals surface area contributed by atoms with Crippen LogP contribution >= 0.6 is 27.3 Å². The molecule has 0 amide bonds. The molecule has 0 fully saturated rings. The second kappa shape index (κ2) is 6.38. The summed E-state index contributed by atoms with van der Waals surface area (Å²) >= 11 is 5.23. The summed E-state index contributed by atoms with van der Waals surface area (Å²) in [5.41, 5.74) is 0.946. The Balaban J connectivity index is 2.34. The molecule has 0 unspecified atom stereocenters. The Morgan fingerprint density at radius 1 is 1.33 bits per heavy atom. The number of fused-ring (bicyclic) bond motifs is 1. The lowest BCUT2D eigenvalue weighted by atomic mass is 10.3. The van der Waals surface area contributed by atoms with E-state index in [1.165, 1.54) is 0 Å². The van der Waals surface area contributed by atoms with Crippen LogP contribution < -0.4 is 10.1 Å². The molecule has 0 aliphatic heterocycles. The summed E-state index contributed by atoms with van der Waals surface area (Å²) in [6.07, 6.45) is 2.10. The molecule has 1 heterocycles. The Morgan fingerprint density at radius 3 is 2.89 bits per heavy atom. The van der Waals surface area contributed by atoms with Crippen molar-refractivity contribution in [1.29, 1.82) is 0 Å². The lowest BCUT2D eigenvalue weighted by Gasteiger charge is -2.05. The van der Waals surface area contributed by atoms with E-state index in [0.717, 1.165) is 51.6 Å². The van der Waals surface area contributed by atoms with Crippen molar-refractivity contribution in [2.75, 3.05) is 18.5 Å². The Labute approximate surface area is 120 Å². The number of nitrogens with zero attached hydrogens (tertiary/aromatic N) is 1. The number of anilines is 1. The summed E-state index contributed by atoms with van der Waals surface area (Å²) in [4.78, 5) is 4.62. The highest BCUT2D eigenvalue weighted by atomic mass is 79.9. The summed E-state index contributed by atoms with van der Waals surface area (Å²) in [5.74, 6) is 0.871. The van der Waals surface area contributed by atoms with Gasteiger partial charge in [-0.05, 0) is 40.9 Å². The molecule has 1 aromatic carbocycles. The van der Waals surface area contributed by atoms with Crippen LogP contribution in [0.2, 0.25) is 0 Å². The SMILES string of the molecule is CCCNc1nc2c(OCCC)ccc(Br)c2s1. The van der Waals surface area contributed by atoms with Crippen molar-refractivity contribution < 1.29 is 4.74 Å². The highest BCUT2D eigenvalue weighted by Crippen LogP contribution is 2.37. The molecule has 98 valence electrons. The molecule has 2 rings (SSSR count). The van der Waals surface area contributed by atoms with Gasteiger partial charge in [0.2, 0.25) is 0 Å². The highest BCUT2D eigenvalue weighted by molar-refractivity contribution is 9.10. The van der Waals surface area contributed by atoms with E-state index in [-0.39, 0.29) is 0 Å². The molecule has 1 aromatic heterocycles. The van der Waals surface area contributed by atoms with Crippen LogP contribution in [0.1, 0.15) is 26.7 Å². The topological polar surface area (TPSA) is 34.2 Å². The number of halogens is 1. The first-order chi connectivity index (χ1) is 8.76. The molecule has 0 radical (unpaired) electrons. The minimum atomic E-state index is 0.728. The van der Waals surface area contributed by atoms with E-state index in [2.05, 4.69) is 40.1 Å². The molecule has 0 saturated carbocycles. The molecular formula is C13H17BrN2OS. The number of nitrogens with one attached hydrogen (secondary N) is 1. The zero-order valence-electron chi connectivity index (χ0n) is 10.6. The van der Waals surface area contributed by atoms with Gasteiger partial charge >= 0.3 is 0 Å². The predicted molar refractivity (Wildman–Crippen MR) is 81.9 cm³/mol. The van der Waals surface area contributed by atoms with Gasteiger partial charge in [0.1, 0.15) is 11.3 Å². The molecule has 0 bridgehead atoms. The lowest BCUT2D eigenvalue weighted by molar-refractivity contribution is 0.320. The Bertz CT molecular complexity index is 527. The molecule has 0 aliphatic rings. The number of rotatable bonds is 6. The van der Waals surface area contributed by atoms with Crippen LogP contribution in [0.4, 0.5) is 5.13 Å². The maximum absolute atomic E-state index is 5.74. The van der Waals surface area contributed by atoms with E-state index in [1.54, 1.807) is 11.3 Å². The van der Waals surface area contributed by atoms with Gasteiger partial charge in [-0.2, -0.15) is 0 Å². The number of benzene rings is 1. The van der Waals surface area contributed by atoms with Gasteiger partial charge < -0.3 is 10.1 Å². The molecule has 18 heavy (non-hydrogen) atoms. The summed E-state index contributed by atoms with van der Waals surface area (Å²) in [7, 11) is 0. The third-order valence-corrected chi connectivity index (χ3v) is 4.42. The molecule has 2 aromatic rings. The maximum atomic E-state index is 5.74. The third kappa shape index (κ3) is 2.95. The van der Waals surface area contributed by atoms with Gasteiger partial charge in [-0.3, -0.25) is 0 Å². The van der Waals surface area contributed by atoms with Crippen LogP contribution in [-0.4, -0.2) is 18.1 Å². The summed E-state index contributed by atoms with van der Waals surface area (Å²) in [6.45, 7) is 5.92. The smallest absolute Gasteiger partial charge is 0.183 e. The average Bonchev–Trinajstić information content (AvgIpc) is 2.81. The fraction of sp³-hybridized carbons (Fsp3) is 0.462. The molecule has 1 N–H and O–H groups in total.